The molecule has 2 rings (SSSR count). The SMILES string of the molecule is NCCOc1ccccc1C1CCNC1. The van der Waals surface area contributed by atoms with E-state index >= 15 is 0 Å². The Labute approximate surface area is 90.6 Å². The minimum absolute atomic E-state index is 0.567. The number of rotatable bonds is 4. The molecule has 1 aliphatic heterocycles. The van der Waals surface area contributed by atoms with Crippen LogP contribution in [0.3, 0.4) is 0 Å². The van der Waals surface area contributed by atoms with Gasteiger partial charge in [-0.1, -0.05) is 18.2 Å². The molecule has 1 aromatic rings. The van der Waals surface area contributed by atoms with Crippen molar-refractivity contribution in [2.75, 3.05) is 26.2 Å². The third kappa shape index (κ3) is 2.49. The van der Waals surface area contributed by atoms with Crippen LogP contribution in [0.5, 0.6) is 5.75 Å². The second kappa shape index (κ2) is 5.14. The first-order valence-corrected chi connectivity index (χ1v) is 5.54. The molecule has 1 atom stereocenters. The van der Waals surface area contributed by atoms with E-state index in [0.717, 1.165) is 18.8 Å². The summed E-state index contributed by atoms with van der Waals surface area (Å²) in [5.74, 6) is 1.59. The molecular formula is C12H18N2O. The molecule has 0 aliphatic carbocycles. The van der Waals surface area contributed by atoms with Crippen molar-refractivity contribution in [2.45, 2.75) is 12.3 Å². The lowest BCUT2D eigenvalue weighted by Gasteiger charge is -2.14. The summed E-state index contributed by atoms with van der Waals surface area (Å²) in [7, 11) is 0. The predicted molar refractivity (Wildman–Crippen MR) is 61.2 cm³/mol. The third-order valence-electron chi connectivity index (χ3n) is 2.79. The molecule has 0 saturated carbocycles. The average Bonchev–Trinajstić information content (AvgIpc) is 2.80. The molecule has 82 valence electrons. The largest absolute Gasteiger partial charge is 0.492 e. The van der Waals surface area contributed by atoms with Crippen LogP contribution in [-0.2, 0) is 0 Å². The van der Waals surface area contributed by atoms with Gasteiger partial charge in [-0.15, -0.1) is 0 Å². The summed E-state index contributed by atoms with van der Waals surface area (Å²) >= 11 is 0. The Morgan fingerprint density at radius 3 is 3.00 bits per heavy atom. The molecule has 15 heavy (non-hydrogen) atoms. The number of nitrogens with two attached hydrogens (primary N) is 1. The van der Waals surface area contributed by atoms with Gasteiger partial charge in [-0.25, -0.2) is 0 Å². The van der Waals surface area contributed by atoms with Crippen molar-refractivity contribution >= 4 is 0 Å². The molecule has 0 radical (unpaired) electrons. The van der Waals surface area contributed by atoms with Crippen LogP contribution in [0.25, 0.3) is 0 Å². The number of ether oxygens (including phenoxy) is 1. The Bertz CT molecular complexity index is 308. The van der Waals surface area contributed by atoms with Crippen molar-refractivity contribution < 1.29 is 4.74 Å². The molecule has 0 spiro atoms. The highest BCUT2D eigenvalue weighted by atomic mass is 16.5. The molecule has 1 aliphatic rings. The zero-order valence-electron chi connectivity index (χ0n) is 8.91. The molecule has 3 N–H and O–H groups in total. The topological polar surface area (TPSA) is 47.3 Å². The average molecular weight is 206 g/mol. The highest BCUT2D eigenvalue weighted by Crippen LogP contribution is 2.30. The maximum absolute atomic E-state index is 5.65. The first-order chi connectivity index (χ1) is 7.42. The van der Waals surface area contributed by atoms with E-state index in [-0.39, 0.29) is 0 Å². The van der Waals surface area contributed by atoms with Gasteiger partial charge in [0.05, 0.1) is 0 Å². The molecule has 1 saturated heterocycles. The van der Waals surface area contributed by atoms with Gasteiger partial charge in [-0.05, 0) is 24.6 Å². The van der Waals surface area contributed by atoms with Crippen LogP contribution in [0.4, 0.5) is 0 Å². The van der Waals surface area contributed by atoms with E-state index in [1.165, 1.54) is 12.0 Å². The molecule has 1 heterocycles. The van der Waals surface area contributed by atoms with Gasteiger partial charge in [0.1, 0.15) is 12.4 Å². The number of para-hydroxylation sites is 1. The number of benzene rings is 1. The van der Waals surface area contributed by atoms with E-state index in [1.54, 1.807) is 0 Å². The highest BCUT2D eigenvalue weighted by Gasteiger charge is 2.19. The van der Waals surface area contributed by atoms with Gasteiger partial charge in [0.15, 0.2) is 0 Å². The molecule has 0 amide bonds. The Balaban J connectivity index is 2.13. The van der Waals surface area contributed by atoms with Crippen molar-refractivity contribution in [1.29, 1.82) is 0 Å². The zero-order chi connectivity index (χ0) is 10.5. The molecule has 3 nitrogen and oxygen atoms in total. The Morgan fingerprint density at radius 1 is 1.40 bits per heavy atom. The van der Waals surface area contributed by atoms with Crippen LogP contribution in [0, 0.1) is 0 Å². The van der Waals surface area contributed by atoms with Gasteiger partial charge in [0.2, 0.25) is 0 Å². The van der Waals surface area contributed by atoms with Crippen LogP contribution in [0.1, 0.15) is 17.9 Å². The van der Waals surface area contributed by atoms with Gasteiger partial charge >= 0.3 is 0 Å². The zero-order valence-corrected chi connectivity index (χ0v) is 8.91. The number of hydrogen-bond donors (Lipinski definition) is 2. The lowest BCUT2D eigenvalue weighted by atomic mass is 9.97. The Kier molecular flexibility index (Phi) is 3.59. The van der Waals surface area contributed by atoms with E-state index in [1.807, 2.05) is 12.1 Å². The van der Waals surface area contributed by atoms with E-state index in [4.69, 9.17) is 10.5 Å². The molecule has 1 fully saturated rings. The highest BCUT2D eigenvalue weighted by molar-refractivity contribution is 5.37. The standard InChI is InChI=1S/C12H18N2O/c13-6-8-15-12-4-2-1-3-11(12)10-5-7-14-9-10/h1-4,10,14H,5-9,13H2. The summed E-state index contributed by atoms with van der Waals surface area (Å²) in [4.78, 5) is 0. The fraction of sp³-hybridized carbons (Fsp3) is 0.500. The van der Waals surface area contributed by atoms with Gasteiger partial charge in [0, 0.05) is 19.0 Å². The molecule has 1 aromatic carbocycles. The summed E-state index contributed by atoms with van der Waals surface area (Å²) in [5, 5.41) is 3.37. The van der Waals surface area contributed by atoms with Crippen molar-refractivity contribution in [3.05, 3.63) is 29.8 Å². The summed E-state index contributed by atoms with van der Waals surface area (Å²) < 4.78 is 5.65. The normalized spacial score (nSPS) is 20.5. The van der Waals surface area contributed by atoms with Crippen molar-refractivity contribution in [3.63, 3.8) is 0 Å². The van der Waals surface area contributed by atoms with E-state index in [9.17, 15) is 0 Å². The molecule has 0 bridgehead atoms. The van der Waals surface area contributed by atoms with Gasteiger partial charge in [0.25, 0.3) is 0 Å². The van der Waals surface area contributed by atoms with Crippen molar-refractivity contribution in [2.24, 2.45) is 5.73 Å². The maximum atomic E-state index is 5.65. The smallest absolute Gasteiger partial charge is 0.122 e. The number of hydrogen-bond acceptors (Lipinski definition) is 3. The molecule has 3 heteroatoms. The van der Waals surface area contributed by atoms with E-state index in [2.05, 4.69) is 17.4 Å². The fourth-order valence-electron chi connectivity index (χ4n) is 2.04. The van der Waals surface area contributed by atoms with Crippen LogP contribution in [0.2, 0.25) is 0 Å². The lowest BCUT2D eigenvalue weighted by molar-refractivity contribution is 0.323. The maximum Gasteiger partial charge on any atom is 0.122 e. The minimum atomic E-state index is 0.567. The third-order valence-corrected chi connectivity index (χ3v) is 2.79. The Morgan fingerprint density at radius 2 is 2.27 bits per heavy atom. The van der Waals surface area contributed by atoms with Gasteiger partial charge in [-0.2, -0.15) is 0 Å². The minimum Gasteiger partial charge on any atom is -0.492 e. The second-order valence-electron chi connectivity index (χ2n) is 3.86. The van der Waals surface area contributed by atoms with Crippen molar-refractivity contribution in [3.8, 4) is 5.75 Å². The lowest BCUT2D eigenvalue weighted by Crippen LogP contribution is -2.13. The van der Waals surface area contributed by atoms with Crippen molar-refractivity contribution in [1.82, 2.24) is 5.32 Å². The monoisotopic (exact) mass is 206 g/mol. The molecule has 1 unspecified atom stereocenters. The summed E-state index contributed by atoms with van der Waals surface area (Å²) in [6.07, 6.45) is 1.20. The fourth-order valence-corrected chi connectivity index (χ4v) is 2.04. The summed E-state index contributed by atoms with van der Waals surface area (Å²) in [5.41, 5.74) is 6.76. The van der Waals surface area contributed by atoms with Crippen LogP contribution >= 0.6 is 0 Å². The van der Waals surface area contributed by atoms with E-state index in [0.29, 0.717) is 19.1 Å². The Hall–Kier alpha value is -1.06. The summed E-state index contributed by atoms with van der Waals surface area (Å²) in [6.45, 7) is 3.33. The van der Waals surface area contributed by atoms with Gasteiger partial charge < -0.3 is 15.8 Å². The quantitative estimate of drug-likeness (QED) is 0.775. The predicted octanol–water partition coefficient (Wildman–Crippen LogP) is 1.10. The van der Waals surface area contributed by atoms with Gasteiger partial charge in [-0.3, -0.25) is 0 Å². The summed E-state index contributed by atoms with van der Waals surface area (Å²) in [6, 6.07) is 8.27. The number of nitrogens with one attached hydrogen (secondary N) is 1. The van der Waals surface area contributed by atoms with Crippen LogP contribution in [0.15, 0.2) is 24.3 Å². The first-order valence-electron chi connectivity index (χ1n) is 5.54. The molecular weight excluding hydrogens is 188 g/mol. The first kappa shape index (κ1) is 10.5. The second-order valence-corrected chi connectivity index (χ2v) is 3.86. The van der Waals surface area contributed by atoms with E-state index < -0.39 is 0 Å². The van der Waals surface area contributed by atoms with Crippen LogP contribution in [-0.4, -0.2) is 26.2 Å². The molecule has 0 aromatic heterocycles. The van der Waals surface area contributed by atoms with Crippen LogP contribution < -0.4 is 15.8 Å².